The Morgan fingerprint density at radius 2 is 1.77 bits per heavy atom. The van der Waals surface area contributed by atoms with E-state index in [0.29, 0.717) is 37.0 Å². The number of rotatable bonds is 6. The van der Waals surface area contributed by atoms with Gasteiger partial charge in [0, 0.05) is 31.2 Å². The summed E-state index contributed by atoms with van der Waals surface area (Å²) in [5.74, 6) is 0.881. The SMILES string of the molecule is CC1CCN(S(=O)(=O)c2ccc(C(=O)NCC(N)C3CC3)cc2)CC1.Cl. The van der Waals surface area contributed by atoms with Gasteiger partial charge in [-0.25, -0.2) is 8.42 Å². The molecule has 1 aliphatic heterocycles. The van der Waals surface area contributed by atoms with Gasteiger partial charge in [-0.2, -0.15) is 4.31 Å². The van der Waals surface area contributed by atoms with E-state index in [2.05, 4.69) is 12.2 Å². The average Bonchev–Trinajstić information content (AvgIpc) is 3.45. The third kappa shape index (κ3) is 4.97. The van der Waals surface area contributed by atoms with Crippen molar-refractivity contribution < 1.29 is 13.2 Å². The molecule has 1 aromatic carbocycles. The van der Waals surface area contributed by atoms with Gasteiger partial charge in [0.2, 0.25) is 10.0 Å². The van der Waals surface area contributed by atoms with Crippen LogP contribution in [0.5, 0.6) is 0 Å². The van der Waals surface area contributed by atoms with Gasteiger partial charge in [0.05, 0.1) is 4.90 Å². The number of benzene rings is 1. The Bertz CT molecular complexity index is 712. The van der Waals surface area contributed by atoms with Crippen LogP contribution in [0.4, 0.5) is 0 Å². The van der Waals surface area contributed by atoms with Crippen LogP contribution >= 0.6 is 12.4 Å². The Kier molecular flexibility index (Phi) is 7.07. The second kappa shape index (κ2) is 8.69. The molecular weight excluding hydrogens is 374 g/mol. The normalized spacial score (nSPS) is 20.2. The van der Waals surface area contributed by atoms with Crippen molar-refractivity contribution in [2.45, 2.75) is 43.5 Å². The molecule has 26 heavy (non-hydrogen) atoms. The smallest absolute Gasteiger partial charge is 0.251 e. The second-order valence-electron chi connectivity index (χ2n) is 7.32. The van der Waals surface area contributed by atoms with Crippen LogP contribution < -0.4 is 11.1 Å². The molecule has 0 radical (unpaired) electrons. The lowest BCUT2D eigenvalue weighted by Crippen LogP contribution is -2.38. The predicted octanol–water partition coefficient (Wildman–Crippen LogP) is 2.00. The first-order chi connectivity index (χ1) is 11.9. The third-order valence-corrected chi connectivity index (χ3v) is 7.14. The molecule has 1 aliphatic carbocycles. The van der Waals surface area contributed by atoms with Gasteiger partial charge in [-0.15, -0.1) is 12.4 Å². The van der Waals surface area contributed by atoms with Crippen LogP contribution in [0.15, 0.2) is 29.2 Å². The highest BCUT2D eigenvalue weighted by Crippen LogP contribution is 2.31. The monoisotopic (exact) mass is 401 g/mol. The summed E-state index contributed by atoms with van der Waals surface area (Å²) >= 11 is 0. The van der Waals surface area contributed by atoms with Crippen LogP contribution in [-0.2, 0) is 10.0 Å². The van der Waals surface area contributed by atoms with E-state index in [-0.39, 0.29) is 29.3 Å². The first kappa shape index (κ1) is 21.2. The minimum Gasteiger partial charge on any atom is -0.350 e. The second-order valence-corrected chi connectivity index (χ2v) is 9.26. The summed E-state index contributed by atoms with van der Waals surface area (Å²) in [5, 5.41) is 2.82. The maximum atomic E-state index is 12.7. The number of piperidine rings is 1. The number of nitrogens with one attached hydrogen (secondary N) is 1. The van der Waals surface area contributed by atoms with Crippen molar-refractivity contribution in [3.63, 3.8) is 0 Å². The Hall–Kier alpha value is -1.15. The Labute approximate surface area is 162 Å². The lowest BCUT2D eigenvalue weighted by atomic mass is 10.0. The predicted molar refractivity (Wildman–Crippen MR) is 104 cm³/mol. The van der Waals surface area contributed by atoms with Crippen LogP contribution in [0, 0.1) is 11.8 Å². The fourth-order valence-corrected chi connectivity index (χ4v) is 4.63. The largest absolute Gasteiger partial charge is 0.350 e. The Balaban J connectivity index is 0.00000243. The molecule has 1 heterocycles. The average molecular weight is 402 g/mol. The van der Waals surface area contributed by atoms with Gasteiger partial charge in [0.15, 0.2) is 0 Å². The Morgan fingerprint density at radius 3 is 2.31 bits per heavy atom. The third-order valence-electron chi connectivity index (χ3n) is 5.22. The molecule has 1 atom stereocenters. The molecule has 3 N–H and O–H groups in total. The van der Waals surface area contributed by atoms with Crippen molar-refractivity contribution in [3.05, 3.63) is 29.8 Å². The number of sulfonamides is 1. The maximum Gasteiger partial charge on any atom is 0.251 e. The molecule has 0 bridgehead atoms. The van der Waals surface area contributed by atoms with Gasteiger partial charge in [0.25, 0.3) is 5.91 Å². The molecule has 0 spiro atoms. The summed E-state index contributed by atoms with van der Waals surface area (Å²) in [6.07, 6.45) is 4.06. The van der Waals surface area contributed by atoms with Gasteiger partial charge in [-0.3, -0.25) is 4.79 Å². The molecule has 1 amide bonds. The summed E-state index contributed by atoms with van der Waals surface area (Å²) in [6.45, 7) is 3.72. The van der Waals surface area contributed by atoms with Crippen LogP contribution in [-0.4, -0.2) is 44.3 Å². The van der Waals surface area contributed by atoms with Crippen molar-refractivity contribution >= 4 is 28.3 Å². The zero-order valence-electron chi connectivity index (χ0n) is 15.1. The topological polar surface area (TPSA) is 92.5 Å². The molecule has 1 saturated heterocycles. The van der Waals surface area contributed by atoms with Crippen LogP contribution in [0.2, 0.25) is 0 Å². The summed E-state index contributed by atoms with van der Waals surface area (Å²) in [4.78, 5) is 12.4. The van der Waals surface area contributed by atoms with Crippen LogP contribution in [0.25, 0.3) is 0 Å². The quantitative estimate of drug-likeness (QED) is 0.762. The molecule has 1 aromatic rings. The number of carbonyl (C=O) groups excluding carboxylic acids is 1. The molecule has 6 nitrogen and oxygen atoms in total. The minimum absolute atomic E-state index is 0. The van der Waals surface area contributed by atoms with Gasteiger partial charge in [-0.05, 0) is 61.8 Å². The molecular formula is C18H28ClN3O3S. The van der Waals surface area contributed by atoms with E-state index < -0.39 is 10.0 Å². The first-order valence-corrected chi connectivity index (χ1v) is 10.5. The van der Waals surface area contributed by atoms with Gasteiger partial charge in [-0.1, -0.05) is 6.92 Å². The molecule has 2 aliphatic rings. The molecule has 3 rings (SSSR count). The Morgan fingerprint density at radius 1 is 1.19 bits per heavy atom. The molecule has 146 valence electrons. The van der Waals surface area contributed by atoms with E-state index in [9.17, 15) is 13.2 Å². The van der Waals surface area contributed by atoms with Crippen LogP contribution in [0.1, 0.15) is 43.0 Å². The summed E-state index contributed by atoms with van der Waals surface area (Å²) in [5.41, 5.74) is 6.43. The van der Waals surface area contributed by atoms with Gasteiger partial charge >= 0.3 is 0 Å². The molecule has 0 aromatic heterocycles. The van der Waals surface area contributed by atoms with Crippen LogP contribution in [0.3, 0.4) is 0 Å². The van der Waals surface area contributed by atoms with Crippen molar-refractivity contribution in [2.75, 3.05) is 19.6 Å². The number of nitrogens with zero attached hydrogens (tertiary/aromatic N) is 1. The number of nitrogens with two attached hydrogens (primary N) is 1. The summed E-state index contributed by atoms with van der Waals surface area (Å²) < 4.78 is 26.9. The maximum absolute atomic E-state index is 12.7. The van der Waals surface area contributed by atoms with Crippen molar-refractivity contribution in [1.82, 2.24) is 9.62 Å². The lowest BCUT2D eigenvalue weighted by molar-refractivity contribution is 0.0950. The van der Waals surface area contributed by atoms with E-state index in [1.165, 1.54) is 16.4 Å². The fraction of sp³-hybridized carbons (Fsp3) is 0.611. The van der Waals surface area contributed by atoms with E-state index in [1.54, 1.807) is 12.1 Å². The molecule has 1 saturated carbocycles. The summed E-state index contributed by atoms with van der Waals surface area (Å²) in [6, 6.07) is 6.17. The lowest BCUT2D eigenvalue weighted by Gasteiger charge is -2.29. The zero-order valence-corrected chi connectivity index (χ0v) is 16.7. The van der Waals surface area contributed by atoms with E-state index in [1.807, 2.05) is 0 Å². The van der Waals surface area contributed by atoms with Gasteiger partial charge in [0.1, 0.15) is 0 Å². The van der Waals surface area contributed by atoms with Gasteiger partial charge < -0.3 is 11.1 Å². The van der Waals surface area contributed by atoms with Crippen molar-refractivity contribution in [2.24, 2.45) is 17.6 Å². The van der Waals surface area contributed by atoms with Crippen molar-refractivity contribution in [1.29, 1.82) is 0 Å². The first-order valence-electron chi connectivity index (χ1n) is 9.02. The zero-order chi connectivity index (χ0) is 18.0. The number of carbonyl (C=O) groups is 1. The minimum atomic E-state index is -3.47. The highest BCUT2D eigenvalue weighted by Gasteiger charge is 2.29. The summed E-state index contributed by atoms with van der Waals surface area (Å²) in [7, 11) is -3.47. The highest BCUT2D eigenvalue weighted by molar-refractivity contribution is 7.89. The van der Waals surface area contributed by atoms with E-state index in [0.717, 1.165) is 25.7 Å². The standard InChI is InChI=1S/C18H27N3O3S.ClH/c1-13-8-10-21(11-9-13)25(23,24)16-6-4-15(5-7-16)18(22)20-12-17(19)14-2-3-14;/h4-7,13-14,17H,2-3,8-12,19H2,1H3,(H,20,22);1H. The number of halogens is 1. The number of amides is 1. The van der Waals surface area contributed by atoms with E-state index >= 15 is 0 Å². The molecule has 1 unspecified atom stereocenters. The molecule has 2 fully saturated rings. The highest BCUT2D eigenvalue weighted by atomic mass is 35.5. The van der Waals surface area contributed by atoms with Crippen molar-refractivity contribution in [3.8, 4) is 0 Å². The number of hydrogen-bond donors (Lipinski definition) is 2. The van der Waals surface area contributed by atoms with E-state index in [4.69, 9.17) is 5.73 Å². The number of hydrogen-bond acceptors (Lipinski definition) is 4. The fourth-order valence-electron chi connectivity index (χ4n) is 3.16. The molecule has 8 heteroatoms.